The summed E-state index contributed by atoms with van der Waals surface area (Å²) in [5, 5.41) is 4.00. The lowest BCUT2D eigenvalue weighted by Gasteiger charge is -2.26. The molecule has 1 unspecified atom stereocenters. The first-order valence-corrected chi connectivity index (χ1v) is 6.19. The van der Waals surface area contributed by atoms with Crippen LogP contribution in [0.25, 0.3) is 10.9 Å². The summed E-state index contributed by atoms with van der Waals surface area (Å²) >= 11 is 0. The second kappa shape index (κ2) is 4.64. The smallest absolute Gasteiger partial charge is 0.208 e. The van der Waals surface area contributed by atoms with Crippen LogP contribution in [0.15, 0.2) is 36.5 Å². The van der Waals surface area contributed by atoms with Crippen LogP contribution < -0.4 is 10.2 Å². The number of hydrogen-bond acceptors (Lipinski definition) is 3. The van der Waals surface area contributed by atoms with Gasteiger partial charge in [-0.3, -0.25) is 9.78 Å². The quantitative estimate of drug-likeness (QED) is 0.835. The number of benzene rings is 1. The first-order valence-electron chi connectivity index (χ1n) is 6.19. The maximum Gasteiger partial charge on any atom is 0.208 e. The molecule has 4 nitrogen and oxygen atoms in total. The van der Waals surface area contributed by atoms with E-state index in [0.29, 0.717) is 0 Å². The fourth-order valence-corrected chi connectivity index (χ4v) is 2.57. The molecule has 1 aliphatic heterocycles. The number of pyridine rings is 1. The van der Waals surface area contributed by atoms with Gasteiger partial charge in [0.1, 0.15) is 6.17 Å². The van der Waals surface area contributed by atoms with Gasteiger partial charge in [0, 0.05) is 23.8 Å². The van der Waals surface area contributed by atoms with Crippen LogP contribution in [-0.4, -0.2) is 24.1 Å². The molecule has 0 saturated carbocycles. The highest BCUT2D eigenvalue weighted by atomic mass is 16.1. The number of fused-ring (bicyclic) bond motifs is 1. The lowest BCUT2D eigenvalue weighted by molar-refractivity contribution is -0.110. The second-order valence-corrected chi connectivity index (χ2v) is 4.52. The number of carbonyl (C=O) groups is 1. The Kier molecular flexibility index (Phi) is 2.84. The van der Waals surface area contributed by atoms with Crippen LogP contribution in [0.1, 0.15) is 12.8 Å². The second-order valence-electron chi connectivity index (χ2n) is 4.52. The Morgan fingerprint density at radius 3 is 3.22 bits per heavy atom. The molecule has 0 radical (unpaired) electrons. The molecule has 1 aromatic carbocycles. The molecule has 0 bridgehead atoms. The van der Waals surface area contributed by atoms with Crippen molar-refractivity contribution in [1.29, 1.82) is 0 Å². The molecule has 1 aliphatic rings. The summed E-state index contributed by atoms with van der Waals surface area (Å²) in [4.78, 5) is 17.2. The Bertz CT molecular complexity index is 570. The van der Waals surface area contributed by atoms with Gasteiger partial charge < -0.3 is 10.2 Å². The molecule has 1 fully saturated rings. The van der Waals surface area contributed by atoms with Crippen molar-refractivity contribution in [3.8, 4) is 0 Å². The first-order chi connectivity index (χ1) is 8.88. The predicted molar refractivity (Wildman–Crippen MR) is 71.3 cm³/mol. The zero-order chi connectivity index (χ0) is 12.4. The number of rotatable bonds is 3. The maximum absolute atomic E-state index is 10.6. The average Bonchev–Trinajstić information content (AvgIpc) is 2.87. The first kappa shape index (κ1) is 11.0. The van der Waals surface area contributed by atoms with E-state index in [1.807, 2.05) is 12.1 Å². The van der Waals surface area contributed by atoms with Crippen LogP contribution in [0.2, 0.25) is 0 Å². The normalized spacial score (nSPS) is 19.1. The van der Waals surface area contributed by atoms with Crippen molar-refractivity contribution in [2.75, 3.05) is 11.4 Å². The molecule has 92 valence electrons. The van der Waals surface area contributed by atoms with Crippen molar-refractivity contribution < 1.29 is 4.79 Å². The fourth-order valence-electron chi connectivity index (χ4n) is 2.57. The van der Waals surface area contributed by atoms with Crippen LogP contribution in [-0.2, 0) is 4.79 Å². The number of nitrogens with zero attached hydrogens (tertiary/aromatic N) is 2. The van der Waals surface area contributed by atoms with Crippen LogP contribution >= 0.6 is 0 Å². The Hall–Kier alpha value is -2.10. The summed E-state index contributed by atoms with van der Waals surface area (Å²) in [6, 6.07) is 10.2. The summed E-state index contributed by atoms with van der Waals surface area (Å²) < 4.78 is 0. The third-order valence-electron chi connectivity index (χ3n) is 3.43. The number of nitrogens with one attached hydrogen (secondary N) is 1. The molecule has 1 atom stereocenters. The molecule has 0 spiro atoms. The highest BCUT2D eigenvalue weighted by molar-refractivity contribution is 5.82. The van der Waals surface area contributed by atoms with Gasteiger partial charge in [-0.25, -0.2) is 0 Å². The molecule has 1 saturated heterocycles. The third kappa shape index (κ3) is 1.90. The summed E-state index contributed by atoms with van der Waals surface area (Å²) in [6.45, 7) is 0.983. The lowest BCUT2D eigenvalue weighted by atomic mass is 10.2. The monoisotopic (exact) mass is 241 g/mol. The van der Waals surface area contributed by atoms with Crippen molar-refractivity contribution >= 4 is 23.0 Å². The van der Waals surface area contributed by atoms with Gasteiger partial charge in [-0.2, -0.15) is 0 Å². The standard InChI is InChI=1S/C14H15N3O/c18-10-16-14-4-2-8-17(14)12-5-6-13-11(9-12)3-1-7-15-13/h1,3,5-7,9-10,14H,2,4,8H2,(H,16,18). The fraction of sp³-hybridized carbons (Fsp3) is 0.286. The van der Waals surface area contributed by atoms with E-state index in [4.69, 9.17) is 0 Å². The number of aromatic nitrogens is 1. The topological polar surface area (TPSA) is 45.2 Å². The average molecular weight is 241 g/mol. The van der Waals surface area contributed by atoms with E-state index in [1.165, 1.54) is 0 Å². The molecule has 3 rings (SSSR count). The minimum absolute atomic E-state index is 0.122. The minimum Gasteiger partial charge on any atom is -0.351 e. The van der Waals surface area contributed by atoms with E-state index >= 15 is 0 Å². The molecular formula is C14H15N3O. The molecular weight excluding hydrogens is 226 g/mol. The molecule has 1 amide bonds. The zero-order valence-electron chi connectivity index (χ0n) is 10.0. The molecule has 4 heteroatoms. The van der Waals surface area contributed by atoms with Crippen LogP contribution in [0, 0.1) is 0 Å². The van der Waals surface area contributed by atoms with E-state index in [0.717, 1.165) is 42.4 Å². The number of hydrogen-bond donors (Lipinski definition) is 1. The highest BCUT2D eigenvalue weighted by Gasteiger charge is 2.23. The molecule has 2 aromatic rings. The van der Waals surface area contributed by atoms with Gasteiger partial charge in [-0.1, -0.05) is 6.07 Å². The Labute approximate surface area is 106 Å². The van der Waals surface area contributed by atoms with Gasteiger partial charge in [0.05, 0.1) is 5.52 Å². The van der Waals surface area contributed by atoms with E-state index in [-0.39, 0.29) is 6.17 Å². The van der Waals surface area contributed by atoms with Gasteiger partial charge in [-0.05, 0) is 37.1 Å². The van der Waals surface area contributed by atoms with Crippen LogP contribution in [0.3, 0.4) is 0 Å². The van der Waals surface area contributed by atoms with Crippen molar-refractivity contribution in [2.45, 2.75) is 19.0 Å². The summed E-state index contributed by atoms with van der Waals surface area (Å²) in [5.41, 5.74) is 2.15. The van der Waals surface area contributed by atoms with Gasteiger partial charge >= 0.3 is 0 Å². The van der Waals surface area contributed by atoms with E-state index in [9.17, 15) is 4.79 Å². The van der Waals surface area contributed by atoms with Gasteiger partial charge in [0.2, 0.25) is 6.41 Å². The maximum atomic E-state index is 10.6. The zero-order valence-corrected chi connectivity index (χ0v) is 10.0. The van der Waals surface area contributed by atoms with E-state index in [1.54, 1.807) is 6.20 Å². The lowest BCUT2D eigenvalue weighted by Crippen LogP contribution is -2.40. The Morgan fingerprint density at radius 1 is 1.39 bits per heavy atom. The van der Waals surface area contributed by atoms with Crippen LogP contribution in [0.4, 0.5) is 5.69 Å². The molecule has 1 N–H and O–H groups in total. The van der Waals surface area contributed by atoms with Crippen molar-refractivity contribution in [3.05, 3.63) is 36.5 Å². The number of anilines is 1. The van der Waals surface area contributed by atoms with Gasteiger partial charge in [0.25, 0.3) is 0 Å². The van der Waals surface area contributed by atoms with Crippen molar-refractivity contribution in [3.63, 3.8) is 0 Å². The molecule has 1 aromatic heterocycles. The van der Waals surface area contributed by atoms with Crippen molar-refractivity contribution in [1.82, 2.24) is 10.3 Å². The SMILES string of the molecule is O=CNC1CCCN1c1ccc2ncccc2c1. The van der Waals surface area contributed by atoms with Crippen molar-refractivity contribution in [2.24, 2.45) is 0 Å². The molecule has 0 aliphatic carbocycles. The largest absolute Gasteiger partial charge is 0.351 e. The van der Waals surface area contributed by atoms with E-state index < -0.39 is 0 Å². The summed E-state index contributed by atoms with van der Waals surface area (Å²) in [6.07, 6.45) is 4.82. The number of carbonyl (C=O) groups excluding carboxylic acids is 1. The van der Waals surface area contributed by atoms with E-state index in [2.05, 4.69) is 33.4 Å². The molecule has 2 heterocycles. The minimum atomic E-state index is 0.122. The predicted octanol–water partition coefficient (Wildman–Crippen LogP) is 1.91. The van der Waals surface area contributed by atoms with Crippen LogP contribution in [0.5, 0.6) is 0 Å². The van der Waals surface area contributed by atoms with Gasteiger partial charge in [-0.15, -0.1) is 0 Å². The Morgan fingerprint density at radius 2 is 2.33 bits per heavy atom. The highest BCUT2D eigenvalue weighted by Crippen LogP contribution is 2.26. The summed E-state index contributed by atoms with van der Waals surface area (Å²) in [5.74, 6) is 0. The van der Waals surface area contributed by atoms with Gasteiger partial charge in [0.15, 0.2) is 0 Å². The third-order valence-corrected chi connectivity index (χ3v) is 3.43. The summed E-state index contributed by atoms with van der Waals surface area (Å²) in [7, 11) is 0. The molecule has 18 heavy (non-hydrogen) atoms. The Balaban J connectivity index is 1.95. The number of amides is 1.